The Morgan fingerprint density at radius 2 is 1.90 bits per heavy atom. The summed E-state index contributed by atoms with van der Waals surface area (Å²) in [5.41, 5.74) is 8.67. The van der Waals surface area contributed by atoms with E-state index < -0.39 is 0 Å². The van der Waals surface area contributed by atoms with Crippen LogP contribution in [0.3, 0.4) is 0 Å². The smallest absolute Gasteiger partial charge is 0.266 e. The first-order valence-electron chi connectivity index (χ1n) is 6.46. The number of hydrogen-bond donors (Lipinski definition) is 1. The number of carbonyl (C=O) groups excluding carboxylic acids is 1. The number of rotatable bonds is 3. The first-order chi connectivity index (χ1) is 9.40. The predicted molar refractivity (Wildman–Crippen MR) is 83.0 cm³/mol. The largest absolute Gasteiger partial charge is 0.375 e. The summed E-state index contributed by atoms with van der Waals surface area (Å²) < 4.78 is 0. The maximum absolute atomic E-state index is 12.5. The van der Waals surface area contributed by atoms with Gasteiger partial charge in [-0.05, 0) is 26.3 Å². The number of benzene rings is 1. The Hall–Kier alpha value is -1.88. The number of hydrogen-bond acceptors (Lipinski definition) is 4. The first-order valence-corrected chi connectivity index (χ1v) is 7.28. The number of carbonyl (C=O) groups is 1. The molecule has 0 aliphatic heterocycles. The normalized spacial score (nSPS) is 12.2. The van der Waals surface area contributed by atoms with Crippen LogP contribution in [0.4, 0.5) is 5.13 Å². The van der Waals surface area contributed by atoms with Gasteiger partial charge in [0.25, 0.3) is 5.91 Å². The lowest BCUT2D eigenvalue weighted by molar-refractivity contribution is 0.0746. The van der Waals surface area contributed by atoms with Crippen LogP contribution in [0.2, 0.25) is 0 Å². The van der Waals surface area contributed by atoms with Gasteiger partial charge < -0.3 is 10.6 Å². The summed E-state index contributed by atoms with van der Waals surface area (Å²) >= 11 is 1.24. The molecule has 1 aromatic heterocycles. The van der Waals surface area contributed by atoms with Crippen LogP contribution in [-0.4, -0.2) is 22.8 Å². The van der Waals surface area contributed by atoms with Crippen molar-refractivity contribution < 1.29 is 4.79 Å². The third kappa shape index (κ3) is 2.82. The quantitative estimate of drug-likeness (QED) is 0.944. The molecule has 0 spiro atoms. The van der Waals surface area contributed by atoms with E-state index in [-0.39, 0.29) is 11.9 Å². The van der Waals surface area contributed by atoms with Crippen LogP contribution in [0.5, 0.6) is 0 Å². The molecule has 0 saturated heterocycles. The molecule has 20 heavy (non-hydrogen) atoms. The molecule has 1 atom stereocenters. The molecule has 4 nitrogen and oxygen atoms in total. The summed E-state index contributed by atoms with van der Waals surface area (Å²) in [4.78, 5) is 18.9. The van der Waals surface area contributed by atoms with Gasteiger partial charge in [0.05, 0.1) is 11.7 Å². The lowest BCUT2D eigenvalue weighted by Gasteiger charge is -2.25. The molecular weight excluding hydrogens is 270 g/mol. The van der Waals surface area contributed by atoms with Gasteiger partial charge in [-0.1, -0.05) is 41.2 Å². The van der Waals surface area contributed by atoms with Gasteiger partial charge in [-0.2, -0.15) is 0 Å². The van der Waals surface area contributed by atoms with Crippen LogP contribution >= 0.6 is 11.3 Å². The fraction of sp³-hybridized carbons (Fsp3) is 0.333. The Morgan fingerprint density at radius 1 is 1.30 bits per heavy atom. The number of amides is 1. The van der Waals surface area contributed by atoms with Gasteiger partial charge in [-0.3, -0.25) is 4.79 Å². The molecule has 2 rings (SSSR count). The van der Waals surface area contributed by atoms with Gasteiger partial charge in [-0.15, -0.1) is 0 Å². The van der Waals surface area contributed by atoms with Crippen molar-refractivity contribution in [3.05, 3.63) is 46.0 Å². The molecule has 1 aromatic carbocycles. The summed E-state index contributed by atoms with van der Waals surface area (Å²) in [7, 11) is 1.81. The fourth-order valence-corrected chi connectivity index (χ4v) is 2.84. The van der Waals surface area contributed by atoms with E-state index in [9.17, 15) is 4.79 Å². The minimum absolute atomic E-state index is 0.00539. The third-order valence-corrected chi connectivity index (χ3v) is 4.44. The topological polar surface area (TPSA) is 59.2 Å². The van der Waals surface area contributed by atoms with Gasteiger partial charge >= 0.3 is 0 Å². The van der Waals surface area contributed by atoms with E-state index in [1.54, 1.807) is 4.90 Å². The van der Waals surface area contributed by atoms with Crippen molar-refractivity contribution in [1.29, 1.82) is 0 Å². The number of nitrogens with two attached hydrogens (primary N) is 1. The average Bonchev–Trinajstić information content (AvgIpc) is 2.76. The SMILES string of the molecule is Cc1ccc(C(C)N(C)C(=O)c2sc(N)nc2C)cc1. The van der Waals surface area contributed by atoms with Crippen molar-refractivity contribution in [3.8, 4) is 0 Å². The Labute approximate surface area is 123 Å². The molecule has 0 bridgehead atoms. The highest BCUT2D eigenvalue weighted by atomic mass is 32.1. The van der Waals surface area contributed by atoms with E-state index in [0.717, 1.165) is 5.56 Å². The van der Waals surface area contributed by atoms with Crippen LogP contribution in [0.25, 0.3) is 0 Å². The molecule has 0 aliphatic rings. The molecule has 2 aromatic rings. The van der Waals surface area contributed by atoms with E-state index in [1.807, 2.05) is 27.8 Å². The van der Waals surface area contributed by atoms with E-state index in [0.29, 0.717) is 15.7 Å². The highest BCUT2D eigenvalue weighted by Crippen LogP contribution is 2.26. The van der Waals surface area contributed by atoms with Crippen LogP contribution in [0.1, 0.15) is 39.5 Å². The Balaban J connectivity index is 2.22. The standard InChI is InChI=1S/C15H19N3OS/c1-9-5-7-12(8-6-9)11(3)18(4)14(19)13-10(2)17-15(16)20-13/h5-8,11H,1-4H3,(H2,16,17). The zero-order valence-electron chi connectivity index (χ0n) is 12.2. The summed E-state index contributed by atoms with van der Waals surface area (Å²) in [6.45, 7) is 5.87. The van der Waals surface area contributed by atoms with Crippen molar-refractivity contribution in [2.45, 2.75) is 26.8 Å². The third-order valence-electron chi connectivity index (χ3n) is 3.47. The molecule has 0 aliphatic carbocycles. The second-order valence-electron chi connectivity index (χ2n) is 4.97. The van der Waals surface area contributed by atoms with E-state index in [4.69, 9.17) is 5.73 Å². The second kappa shape index (κ2) is 5.63. The van der Waals surface area contributed by atoms with E-state index in [2.05, 4.69) is 29.2 Å². The number of aromatic nitrogens is 1. The zero-order valence-corrected chi connectivity index (χ0v) is 13.0. The maximum Gasteiger partial charge on any atom is 0.266 e. The molecule has 1 heterocycles. The number of anilines is 1. The number of thiazole rings is 1. The Bertz CT molecular complexity index is 619. The fourth-order valence-electron chi connectivity index (χ4n) is 2.02. The van der Waals surface area contributed by atoms with Crippen molar-refractivity contribution in [3.63, 3.8) is 0 Å². The molecule has 1 amide bonds. The minimum atomic E-state index is -0.0372. The number of nitrogen functional groups attached to an aromatic ring is 1. The number of nitrogens with zero attached hydrogens (tertiary/aromatic N) is 2. The summed E-state index contributed by atoms with van der Waals surface area (Å²) in [6, 6.07) is 8.22. The maximum atomic E-state index is 12.5. The lowest BCUT2D eigenvalue weighted by Crippen LogP contribution is -2.29. The van der Waals surface area contributed by atoms with Gasteiger partial charge in [0.1, 0.15) is 4.88 Å². The molecule has 0 fully saturated rings. The highest BCUT2D eigenvalue weighted by Gasteiger charge is 2.22. The van der Waals surface area contributed by atoms with Crippen molar-refractivity contribution in [2.75, 3.05) is 12.8 Å². The molecule has 1 unspecified atom stereocenters. The zero-order chi connectivity index (χ0) is 14.9. The van der Waals surface area contributed by atoms with E-state index in [1.165, 1.54) is 16.9 Å². The van der Waals surface area contributed by atoms with Crippen LogP contribution in [0.15, 0.2) is 24.3 Å². The molecule has 5 heteroatoms. The molecule has 0 radical (unpaired) electrons. The molecule has 2 N–H and O–H groups in total. The molecular formula is C15H19N3OS. The van der Waals surface area contributed by atoms with Gasteiger partial charge in [0.15, 0.2) is 5.13 Å². The lowest BCUT2D eigenvalue weighted by atomic mass is 10.1. The molecule has 106 valence electrons. The van der Waals surface area contributed by atoms with Crippen LogP contribution in [0, 0.1) is 13.8 Å². The van der Waals surface area contributed by atoms with Gasteiger partial charge in [0, 0.05) is 7.05 Å². The Morgan fingerprint density at radius 3 is 2.40 bits per heavy atom. The first kappa shape index (κ1) is 14.5. The highest BCUT2D eigenvalue weighted by molar-refractivity contribution is 7.17. The van der Waals surface area contributed by atoms with E-state index >= 15 is 0 Å². The Kier molecular flexibility index (Phi) is 4.09. The van der Waals surface area contributed by atoms with Crippen LogP contribution < -0.4 is 5.73 Å². The van der Waals surface area contributed by atoms with Crippen molar-refractivity contribution >= 4 is 22.4 Å². The second-order valence-corrected chi connectivity index (χ2v) is 6.00. The summed E-state index contributed by atoms with van der Waals surface area (Å²) in [5, 5.41) is 0.433. The van der Waals surface area contributed by atoms with Crippen LogP contribution in [-0.2, 0) is 0 Å². The predicted octanol–water partition coefficient (Wildman–Crippen LogP) is 3.18. The van der Waals surface area contributed by atoms with Gasteiger partial charge in [-0.25, -0.2) is 4.98 Å². The molecule has 0 saturated carbocycles. The van der Waals surface area contributed by atoms with Gasteiger partial charge in [0.2, 0.25) is 0 Å². The van der Waals surface area contributed by atoms with Crippen molar-refractivity contribution in [2.24, 2.45) is 0 Å². The summed E-state index contributed by atoms with van der Waals surface area (Å²) in [6.07, 6.45) is 0. The average molecular weight is 289 g/mol. The number of aryl methyl sites for hydroxylation is 2. The monoisotopic (exact) mass is 289 g/mol. The minimum Gasteiger partial charge on any atom is -0.375 e. The summed E-state index contributed by atoms with van der Waals surface area (Å²) in [5.74, 6) is -0.0372. The van der Waals surface area contributed by atoms with Crippen molar-refractivity contribution in [1.82, 2.24) is 9.88 Å².